The lowest BCUT2D eigenvalue weighted by molar-refractivity contribution is -0.181. The van der Waals surface area contributed by atoms with Crippen molar-refractivity contribution in [2.24, 2.45) is 29.4 Å². The molecule has 0 heterocycles. The standard InChI is InChI=1S/C30H40N4O7/c1-32(2)23-15(13-34(5)16-8-6-7-9-16)12-19(35)21-17(23)10-14-11-18-24(33(3)4)26(37)22(29(31)40)28(39)30(18,41)27(38)20(14)25(21)36/h12,14,16,18,20,22,24,35,41H,6-11,13H2,1-5H3,(H2,31,40)/t14-,18-,20?,22?,24-,30-/m0/s1. The fraction of sp³-hybridized carbons (Fsp3) is 0.633. The molecular weight excluding hydrogens is 528 g/mol. The molecule has 41 heavy (non-hydrogen) atoms. The van der Waals surface area contributed by atoms with Gasteiger partial charge in [0.25, 0.3) is 0 Å². The Morgan fingerprint density at radius 2 is 1.68 bits per heavy atom. The van der Waals surface area contributed by atoms with Gasteiger partial charge in [-0.1, -0.05) is 12.8 Å². The van der Waals surface area contributed by atoms with Crippen LogP contribution in [0.3, 0.4) is 0 Å². The number of primary amides is 1. The Labute approximate surface area is 239 Å². The molecule has 5 rings (SSSR count). The molecule has 4 aliphatic carbocycles. The van der Waals surface area contributed by atoms with E-state index in [0.29, 0.717) is 18.2 Å². The summed E-state index contributed by atoms with van der Waals surface area (Å²) in [6.07, 6.45) is 4.87. The van der Waals surface area contributed by atoms with Gasteiger partial charge < -0.3 is 20.8 Å². The molecule has 3 saturated carbocycles. The third-order valence-corrected chi connectivity index (χ3v) is 9.93. The second-order valence-electron chi connectivity index (χ2n) is 12.8. The van der Waals surface area contributed by atoms with Crippen LogP contribution in [-0.2, 0) is 32.1 Å². The summed E-state index contributed by atoms with van der Waals surface area (Å²) in [4.78, 5) is 72.6. The predicted molar refractivity (Wildman–Crippen MR) is 149 cm³/mol. The number of anilines is 1. The number of carbonyl (C=O) groups excluding carboxylic acids is 5. The van der Waals surface area contributed by atoms with Crippen LogP contribution in [0, 0.1) is 23.7 Å². The highest BCUT2D eigenvalue weighted by molar-refractivity contribution is 6.32. The number of fused-ring (bicyclic) bond motifs is 3. The van der Waals surface area contributed by atoms with Crippen molar-refractivity contribution in [3.63, 3.8) is 0 Å². The fourth-order valence-electron chi connectivity index (χ4n) is 8.15. The molecule has 0 radical (unpaired) electrons. The lowest BCUT2D eigenvalue weighted by Gasteiger charge is -2.52. The number of nitrogens with zero attached hydrogens (tertiary/aromatic N) is 3. The van der Waals surface area contributed by atoms with E-state index in [2.05, 4.69) is 11.9 Å². The Hall–Kier alpha value is -3.15. The quantitative estimate of drug-likeness (QED) is 0.407. The number of hydrogen-bond acceptors (Lipinski definition) is 10. The summed E-state index contributed by atoms with van der Waals surface area (Å²) in [5.41, 5.74) is 4.97. The summed E-state index contributed by atoms with van der Waals surface area (Å²) in [5, 5.41) is 22.9. The number of nitrogens with two attached hydrogens (primary N) is 1. The molecule has 0 aromatic heterocycles. The number of carbonyl (C=O) groups is 5. The zero-order valence-corrected chi connectivity index (χ0v) is 24.3. The lowest BCUT2D eigenvalue weighted by Crippen LogP contribution is -2.74. The third-order valence-electron chi connectivity index (χ3n) is 9.93. The van der Waals surface area contributed by atoms with E-state index < -0.39 is 64.4 Å². The van der Waals surface area contributed by atoms with E-state index in [4.69, 9.17) is 5.73 Å². The van der Waals surface area contributed by atoms with Crippen LogP contribution in [0.5, 0.6) is 5.75 Å². The van der Waals surface area contributed by atoms with E-state index >= 15 is 0 Å². The molecule has 11 heteroatoms. The number of amides is 1. The molecule has 1 aromatic rings. The molecule has 1 amide bonds. The molecule has 11 nitrogen and oxygen atoms in total. The number of ketones is 4. The van der Waals surface area contributed by atoms with Gasteiger partial charge in [-0.2, -0.15) is 0 Å². The van der Waals surface area contributed by atoms with Crippen molar-refractivity contribution in [2.75, 3.05) is 40.1 Å². The van der Waals surface area contributed by atoms with E-state index in [-0.39, 0.29) is 24.2 Å². The summed E-state index contributed by atoms with van der Waals surface area (Å²) in [6, 6.07) is 0.902. The van der Waals surface area contributed by atoms with Gasteiger partial charge in [-0.25, -0.2) is 0 Å². The second kappa shape index (κ2) is 10.3. The van der Waals surface area contributed by atoms with Crippen molar-refractivity contribution in [3.8, 4) is 5.75 Å². The van der Waals surface area contributed by atoms with Gasteiger partial charge >= 0.3 is 0 Å². The van der Waals surface area contributed by atoms with Gasteiger partial charge in [0.15, 0.2) is 34.7 Å². The van der Waals surface area contributed by atoms with Gasteiger partial charge in [0.2, 0.25) is 5.91 Å². The molecule has 0 aliphatic heterocycles. The zero-order valence-electron chi connectivity index (χ0n) is 24.3. The predicted octanol–water partition coefficient (Wildman–Crippen LogP) is 0.307. The van der Waals surface area contributed by atoms with Gasteiger partial charge in [-0.15, -0.1) is 0 Å². The SMILES string of the molecule is CN(C)c1c(CN(C)C2CCCC2)cc(O)c2c1C[C@H]1C[C@H]3[C@H](N(C)C)C(=O)C(C(N)=O)C(=O)[C@@]3(O)C(=O)C1C2=O. The van der Waals surface area contributed by atoms with Crippen LogP contribution in [0.1, 0.15) is 53.6 Å². The van der Waals surface area contributed by atoms with Crippen LogP contribution >= 0.6 is 0 Å². The Kier molecular flexibility index (Phi) is 7.36. The van der Waals surface area contributed by atoms with Crippen LogP contribution < -0.4 is 10.6 Å². The maximum Gasteiger partial charge on any atom is 0.235 e. The Balaban J connectivity index is 1.60. The molecule has 2 unspecified atom stereocenters. The molecule has 1 aromatic carbocycles. The maximum atomic E-state index is 14.0. The van der Waals surface area contributed by atoms with Crippen molar-refractivity contribution < 1.29 is 34.2 Å². The van der Waals surface area contributed by atoms with Crippen LogP contribution in [0.2, 0.25) is 0 Å². The highest BCUT2D eigenvalue weighted by Crippen LogP contribution is 2.52. The number of benzene rings is 1. The molecule has 3 fully saturated rings. The van der Waals surface area contributed by atoms with Crippen molar-refractivity contribution >= 4 is 34.7 Å². The minimum absolute atomic E-state index is 0.0209. The van der Waals surface area contributed by atoms with Crippen molar-refractivity contribution in [1.29, 1.82) is 0 Å². The van der Waals surface area contributed by atoms with Gasteiger partial charge in [0, 0.05) is 38.3 Å². The average molecular weight is 569 g/mol. The molecule has 0 bridgehead atoms. The molecule has 0 saturated heterocycles. The van der Waals surface area contributed by atoms with Gasteiger partial charge in [0.1, 0.15) is 5.75 Å². The number of aliphatic hydroxyl groups is 1. The van der Waals surface area contributed by atoms with E-state index in [1.807, 2.05) is 19.0 Å². The highest BCUT2D eigenvalue weighted by Gasteiger charge is 2.69. The first-order valence-electron chi connectivity index (χ1n) is 14.3. The van der Waals surface area contributed by atoms with E-state index in [1.54, 1.807) is 20.2 Å². The average Bonchev–Trinajstić information content (AvgIpc) is 3.41. The first-order valence-corrected chi connectivity index (χ1v) is 14.3. The number of hydrogen-bond donors (Lipinski definition) is 3. The zero-order chi connectivity index (χ0) is 30.1. The summed E-state index contributed by atoms with van der Waals surface area (Å²) in [5.74, 6) is -10.3. The summed E-state index contributed by atoms with van der Waals surface area (Å²) in [7, 11) is 8.95. The number of phenols is 1. The van der Waals surface area contributed by atoms with E-state index in [9.17, 15) is 34.2 Å². The molecule has 6 atom stereocenters. The summed E-state index contributed by atoms with van der Waals surface area (Å²) >= 11 is 0. The fourth-order valence-corrected chi connectivity index (χ4v) is 8.15. The Bertz CT molecular complexity index is 1330. The van der Waals surface area contributed by atoms with Crippen LogP contribution in [-0.4, -0.2) is 102 Å². The summed E-state index contributed by atoms with van der Waals surface area (Å²) in [6.45, 7) is 0.572. The van der Waals surface area contributed by atoms with Crippen molar-refractivity contribution in [2.45, 2.75) is 62.8 Å². The molecule has 222 valence electrons. The number of Topliss-reactive ketones (excluding diaryl/α,β-unsaturated/α-hetero) is 4. The largest absolute Gasteiger partial charge is 0.507 e. The van der Waals surface area contributed by atoms with Crippen molar-refractivity contribution in [1.82, 2.24) is 9.80 Å². The Morgan fingerprint density at radius 3 is 2.24 bits per heavy atom. The number of aromatic hydroxyl groups is 1. The summed E-state index contributed by atoms with van der Waals surface area (Å²) < 4.78 is 0. The molecule has 0 spiro atoms. The smallest absolute Gasteiger partial charge is 0.235 e. The third kappa shape index (κ3) is 4.31. The number of phenolic OH excluding ortho intramolecular Hbond substituents is 1. The van der Waals surface area contributed by atoms with Gasteiger partial charge in [-0.05, 0) is 69.9 Å². The monoisotopic (exact) mass is 568 g/mol. The number of rotatable bonds is 6. The maximum absolute atomic E-state index is 14.0. The minimum atomic E-state index is -2.72. The lowest BCUT2D eigenvalue weighted by atomic mass is 9.52. The second-order valence-corrected chi connectivity index (χ2v) is 12.8. The highest BCUT2D eigenvalue weighted by atomic mass is 16.3. The molecular formula is C30H40N4O7. The van der Waals surface area contributed by atoms with E-state index in [1.165, 1.54) is 17.7 Å². The minimum Gasteiger partial charge on any atom is -0.507 e. The van der Waals surface area contributed by atoms with Crippen LogP contribution in [0.4, 0.5) is 5.69 Å². The first kappa shape index (κ1) is 29.3. The van der Waals surface area contributed by atoms with E-state index in [0.717, 1.165) is 24.1 Å². The topological polar surface area (TPSA) is 162 Å². The van der Waals surface area contributed by atoms with Gasteiger partial charge in [0.05, 0.1) is 17.5 Å². The Morgan fingerprint density at radius 1 is 1.05 bits per heavy atom. The normalized spacial score (nSPS) is 31.9. The van der Waals surface area contributed by atoms with Crippen molar-refractivity contribution in [3.05, 3.63) is 22.8 Å². The number of likely N-dealkylation sites (N-methyl/N-ethyl adjacent to an activating group) is 1. The van der Waals surface area contributed by atoms with Crippen LogP contribution in [0.25, 0.3) is 0 Å². The van der Waals surface area contributed by atoms with Gasteiger partial charge in [-0.3, -0.25) is 33.8 Å². The first-order chi connectivity index (χ1) is 19.2. The molecule has 4 aliphatic rings. The molecule has 4 N–H and O–H groups in total. The van der Waals surface area contributed by atoms with Crippen LogP contribution in [0.15, 0.2) is 6.07 Å².